The van der Waals surface area contributed by atoms with E-state index in [0.29, 0.717) is 17.1 Å². The van der Waals surface area contributed by atoms with E-state index in [9.17, 15) is 0 Å². The van der Waals surface area contributed by atoms with Gasteiger partial charge in [0.05, 0.1) is 6.54 Å². The summed E-state index contributed by atoms with van der Waals surface area (Å²) in [6.45, 7) is 8.81. The van der Waals surface area contributed by atoms with Gasteiger partial charge in [-0.3, -0.25) is 4.99 Å². The van der Waals surface area contributed by atoms with Crippen molar-refractivity contribution in [2.24, 2.45) is 10.9 Å². The number of amidine groups is 1. The van der Waals surface area contributed by atoms with Gasteiger partial charge in [0.25, 0.3) is 0 Å². The molecule has 1 N–H and O–H groups in total. The molecule has 0 saturated carbocycles. The lowest BCUT2D eigenvalue weighted by Gasteiger charge is -2.14. The summed E-state index contributed by atoms with van der Waals surface area (Å²) in [5.41, 5.74) is 1.42. The molecule has 0 aliphatic carbocycles. The van der Waals surface area contributed by atoms with Gasteiger partial charge in [0.15, 0.2) is 5.17 Å². The Bertz CT molecular complexity index is 414. The van der Waals surface area contributed by atoms with Gasteiger partial charge in [-0.1, -0.05) is 62.9 Å². The largest absolute Gasteiger partial charge is 0.365 e. The van der Waals surface area contributed by atoms with E-state index in [2.05, 4.69) is 61.4 Å². The first kappa shape index (κ1) is 14.4. The van der Waals surface area contributed by atoms with Crippen LogP contribution in [0.1, 0.15) is 38.7 Å². The molecule has 1 aliphatic rings. The minimum absolute atomic E-state index is 0.599. The molecule has 0 bridgehead atoms. The van der Waals surface area contributed by atoms with Crippen molar-refractivity contribution in [3.8, 4) is 0 Å². The highest BCUT2D eigenvalue weighted by atomic mass is 32.2. The van der Waals surface area contributed by atoms with Crippen LogP contribution in [0, 0.1) is 5.92 Å². The first-order valence-electron chi connectivity index (χ1n) is 7.16. The second kappa shape index (κ2) is 6.99. The number of nitrogens with one attached hydrogen (secondary N) is 1. The molecule has 0 spiro atoms. The molecule has 2 atom stereocenters. The Morgan fingerprint density at radius 3 is 2.63 bits per heavy atom. The molecule has 1 aromatic carbocycles. The average Bonchev–Trinajstić information content (AvgIpc) is 2.89. The lowest BCUT2D eigenvalue weighted by molar-refractivity contribution is 0.621. The Kier molecular flexibility index (Phi) is 5.32. The molecule has 1 aliphatic heterocycles. The van der Waals surface area contributed by atoms with Gasteiger partial charge in [-0.05, 0) is 23.8 Å². The molecule has 0 saturated heterocycles. The summed E-state index contributed by atoms with van der Waals surface area (Å²) >= 11 is 1.91. The van der Waals surface area contributed by atoms with E-state index in [1.54, 1.807) is 0 Å². The summed E-state index contributed by atoms with van der Waals surface area (Å²) in [5.74, 6) is 1.30. The van der Waals surface area contributed by atoms with Gasteiger partial charge in [0, 0.05) is 11.8 Å². The van der Waals surface area contributed by atoms with Crippen LogP contribution in [-0.4, -0.2) is 23.5 Å². The summed E-state index contributed by atoms with van der Waals surface area (Å²) in [6, 6.07) is 10.7. The monoisotopic (exact) mass is 276 g/mol. The molecule has 0 amide bonds. The number of hydrogen-bond acceptors (Lipinski definition) is 3. The number of nitrogens with zero attached hydrogens (tertiary/aromatic N) is 1. The van der Waals surface area contributed by atoms with Gasteiger partial charge in [-0.15, -0.1) is 0 Å². The molecular weight excluding hydrogens is 252 g/mol. The lowest BCUT2D eigenvalue weighted by atomic mass is 9.98. The van der Waals surface area contributed by atoms with Gasteiger partial charge in [-0.2, -0.15) is 0 Å². The minimum Gasteiger partial charge on any atom is -0.365 e. The van der Waals surface area contributed by atoms with Crippen LogP contribution in [0.5, 0.6) is 0 Å². The van der Waals surface area contributed by atoms with Gasteiger partial charge < -0.3 is 5.32 Å². The summed E-state index contributed by atoms with van der Waals surface area (Å²) in [6.07, 6.45) is 1.15. The maximum absolute atomic E-state index is 4.58. The quantitative estimate of drug-likeness (QED) is 0.882. The van der Waals surface area contributed by atoms with Crippen LogP contribution in [0.4, 0.5) is 0 Å². The standard InChI is InChI=1S/C16H24N2S/c1-12(2)15-11-18-16(19-15)17-10-9-13(3)14-7-5-4-6-8-14/h4-8,12-13,15H,9-11H2,1-3H3,(H,17,18). The Morgan fingerprint density at radius 1 is 1.26 bits per heavy atom. The molecule has 1 aromatic rings. The molecule has 2 nitrogen and oxygen atoms in total. The fourth-order valence-electron chi connectivity index (χ4n) is 2.18. The highest BCUT2D eigenvalue weighted by molar-refractivity contribution is 8.14. The van der Waals surface area contributed by atoms with Crippen LogP contribution in [0.3, 0.4) is 0 Å². The van der Waals surface area contributed by atoms with Gasteiger partial charge in [-0.25, -0.2) is 0 Å². The summed E-state index contributed by atoms with van der Waals surface area (Å²) in [7, 11) is 0. The lowest BCUT2D eigenvalue weighted by Crippen LogP contribution is -2.22. The van der Waals surface area contributed by atoms with Crippen LogP contribution < -0.4 is 5.32 Å². The summed E-state index contributed by atoms with van der Waals surface area (Å²) in [4.78, 5) is 4.58. The van der Waals surface area contributed by atoms with Crippen molar-refractivity contribution in [3.63, 3.8) is 0 Å². The number of benzene rings is 1. The maximum Gasteiger partial charge on any atom is 0.156 e. The highest BCUT2D eigenvalue weighted by Crippen LogP contribution is 2.26. The van der Waals surface area contributed by atoms with Crippen molar-refractivity contribution in [1.82, 2.24) is 5.32 Å². The van der Waals surface area contributed by atoms with Crippen molar-refractivity contribution in [1.29, 1.82) is 0 Å². The zero-order valence-corrected chi connectivity index (χ0v) is 12.9. The van der Waals surface area contributed by atoms with Gasteiger partial charge in [0.2, 0.25) is 0 Å². The predicted molar refractivity (Wildman–Crippen MR) is 86.0 cm³/mol. The van der Waals surface area contributed by atoms with E-state index < -0.39 is 0 Å². The number of aliphatic imine (C=N–C) groups is 1. The third-order valence-electron chi connectivity index (χ3n) is 3.64. The third-order valence-corrected chi connectivity index (χ3v) is 5.14. The Labute approximate surface area is 121 Å². The van der Waals surface area contributed by atoms with E-state index in [1.807, 2.05) is 11.8 Å². The molecule has 19 heavy (non-hydrogen) atoms. The maximum atomic E-state index is 4.58. The Balaban J connectivity index is 1.70. The molecular formula is C16H24N2S. The molecule has 2 rings (SSSR count). The number of thioether (sulfide) groups is 1. The Morgan fingerprint density at radius 2 is 2.00 bits per heavy atom. The van der Waals surface area contributed by atoms with Crippen LogP contribution in [0.15, 0.2) is 35.3 Å². The minimum atomic E-state index is 0.599. The molecule has 2 unspecified atom stereocenters. The van der Waals surface area contributed by atoms with E-state index in [1.165, 1.54) is 5.56 Å². The number of hydrogen-bond donors (Lipinski definition) is 1. The van der Waals surface area contributed by atoms with Crippen molar-refractivity contribution < 1.29 is 0 Å². The summed E-state index contributed by atoms with van der Waals surface area (Å²) in [5, 5.41) is 5.28. The number of rotatable bonds is 5. The van der Waals surface area contributed by atoms with E-state index in [4.69, 9.17) is 0 Å². The van der Waals surface area contributed by atoms with Crippen molar-refractivity contribution in [3.05, 3.63) is 35.9 Å². The van der Waals surface area contributed by atoms with Crippen LogP contribution in [0.2, 0.25) is 0 Å². The second-order valence-electron chi connectivity index (χ2n) is 5.57. The molecule has 0 radical (unpaired) electrons. The van der Waals surface area contributed by atoms with Crippen LogP contribution in [0.25, 0.3) is 0 Å². The van der Waals surface area contributed by atoms with E-state index in [0.717, 1.165) is 24.7 Å². The zero-order chi connectivity index (χ0) is 13.7. The fraction of sp³-hybridized carbons (Fsp3) is 0.562. The molecule has 1 heterocycles. The van der Waals surface area contributed by atoms with Gasteiger partial charge >= 0.3 is 0 Å². The Hall–Kier alpha value is -0.960. The molecule has 0 fully saturated rings. The average molecular weight is 276 g/mol. The first-order chi connectivity index (χ1) is 9.16. The van der Waals surface area contributed by atoms with Crippen LogP contribution >= 0.6 is 11.8 Å². The van der Waals surface area contributed by atoms with Crippen molar-refractivity contribution in [2.45, 2.75) is 38.4 Å². The molecule has 104 valence electrons. The fourth-order valence-corrected chi connectivity index (χ4v) is 3.22. The van der Waals surface area contributed by atoms with Crippen LogP contribution in [-0.2, 0) is 0 Å². The SMILES string of the molecule is CC(CCNC1=NCC(C(C)C)S1)c1ccccc1. The third kappa shape index (κ3) is 4.27. The van der Waals surface area contributed by atoms with Gasteiger partial charge in [0.1, 0.15) is 0 Å². The van der Waals surface area contributed by atoms with E-state index >= 15 is 0 Å². The van der Waals surface area contributed by atoms with Crippen molar-refractivity contribution in [2.75, 3.05) is 13.1 Å². The topological polar surface area (TPSA) is 24.4 Å². The first-order valence-corrected chi connectivity index (χ1v) is 8.04. The highest BCUT2D eigenvalue weighted by Gasteiger charge is 2.22. The van der Waals surface area contributed by atoms with Crippen molar-refractivity contribution >= 4 is 16.9 Å². The normalized spacial score (nSPS) is 20.4. The second-order valence-corrected chi connectivity index (χ2v) is 6.80. The molecule has 0 aromatic heterocycles. The molecule has 3 heteroatoms. The predicted octanol–water partition coefficient (Wildman–Crippen LogP) is 3.90. The zero-order valence-electron chi connectivity index (χ0n) is 12.1. The van der Waals surface area contributed by atoms with E-state index in [-0.39, 0.29) is 0 Å². The smallest absolute Gasteiger partial charge is 0.156 e. The summed E-state index contributed by atoms with van der Waals surface area (Å²) < 4.78 is 0.